The number of carbonyl (C=O) groups is 2. The summed E-state index contributed by atoms with van der Waals surface area (Å²) in [6, 6.07) is -0.174. The molecule has 0 aliphatic carbocycles. The number of piperazine rings is 1. The molecule has 1 unspecified atom stereocenters. The number of rotatable bonds is 3. The van der Waals surface area contributed by atoms with Crippen molar-refractivity contribution in [2.45, 2.75) is 58.0 Å². The normalized spacial score (nSPS) is 25.5. The molecule has 2 amide bonds. The van der Waals surface area contributed by atoms with Crippen molar-refractivity contribution < 1.29 is 9.59 Å². The third-order valence-corrected chi connectivity index (χ3v) is 4.01. The Labute approximate surface area is 103 Å². The minimum atomic E-state index is -0.198. The SMILES string of the molecule is CCCC(C)(C)N1CC(=O)N2CCCC2C1=O. The lowest BCUT2D eigenvalue weighted by Gasteiger charge is -2.45. The van der Waals surface area contributed by atoms with E-state index in [1.165, 1.54) is 0 Å². The van der Waals surface area contributed by atoms with E-state index in [9.17, 15) is 9.59 Å². The number of nitrogens with zero attached hydrogens (tertiary/aromatic N) is 2. The van der Waals surface area contributed by atoms with Crippen molar-refractivity contribution in [2.75, 3.05) is 13.1 Å². The van der Waals surface area contributed by atoms with Crippen molar-refractivity contribution in [3.8, 4) is 0 Å². The predicted octanol–water partition coefficient (Wildman–Crippen LogP) is 1.40. The maximum Gasteiger partial charge on any atom is 0.246 e. The molecule has 0 spiro atoms. The van der Waals surface area contributed by atoms with Crippen LogP contribution in [0.3, 0.4) is 0 Å². The zero-order valence-corrected chi connectivity index (χ0v) is 11.0. The van der Waals surface area contributed by atoms with Crippen LogP contribution in [0.5, 0.6) is 0 Å². The second-order valence-electron chi connectivity index (χ2n) is 5.73. The van der Waals surface area contributed by atoms with E-state index in [-0.39, 0.29) is 29.9 Å². The summed E-state index contributed by atoms with van der Waals surface area (Å²) in [6.45, 7) is 7.26. The number of hydrogen-bond acceptors (Lipinski definition) is 2. The molecule has 4 nitrogen and oxygen atoms in total. The Bertz CT molecular complexity index is 338. The minimum absolute atomic E-state index is 0.122. The molecule has 0 N–H and O–H groups in total. The highest BCUT2D eigenvalue weighted by atomic mass is 16.2. The summed E-state index contributed by atoms with van der Waals surface area (Å²) in [5, 5.41) is 0. The fraction of sp³-hybridized carbons (Fsp3) is 0.846. The Kier molecular flexibility index (Phi) is 3.15. The van der Waals surface area contributed by atoms with E-state index in [4.69, 9.17) is 0 Å². The first-order chi connectivity index (χ1) is 7.97. The van der Waals surface area contributed by atoms with Gasteiger partial charge in [-0.15, -0.1) is 0 Å². The molecule has 2 fully saturated rings. The van der Waals surface area contributed by atoms with E-state index in [1.54, 1.807) is 9.80 Å². The van der Waals surface area contributed by atoms with Crippen LogP contribution in [-0.2, 0) is 9.59 Å². The smallest absolute Gasteiger partial charge is 0.246 e. The zero-order valence-electron chi connectivity index (χ0n) is 11.0. The van der Waals surface area contributed by atoms with Gasteiger partial charge in [0, 0.05) is 12.1 Å². The van der Waals surface area contributed by atoms with E-state index >= 15 is 0 Å². The first-order valence-electron chi connectivity index (χ1n) is 6.58. The summed E-state index contributed by atoms with van der Waals surface area (Å²) in [6.07, 6.45) is 3.77. The maximum atomic E-state index is 12.4. The van der Waals surface area contributed by atoms with Crippen molar-refractivity contribution in [3.63, 3.8) is 0 Å². The van der Waals surface area contributed by atoms with Crippen LogP contribution in [0.15, 0.2) is 0 Å². The zero-order chi connectivity index (χ0) is 12.6. The molecule has 2 saturated heterocycles. The van der Waals surface area contributed by atoms with Gasteiger partial charge in [-0.3, -0.25) is 9.59 Å². The summed E-state index contributed by atoms with van der Waals surface area (Å²) in [7, 11) is 0. The van der Waals surface area contributed by atoms with Crippen LogP contribution in [0.25, 0.3) is 0 Å². The lowest BCUT2D eigenvalue weighted by Crippen LogP contribution is -2.62. The van der Waals surface area contributed by atoms with Crippen LogP contribution >= 0.6 is 0 Å². The molecule has 0 aromatic rings. The highest BCUT2D eigenvalue weighted by Crippen LogP contribution is 2.30. The fourth-order valence-corrected chi connectivity index (χ4v) is 3.06. The van der Waals surface area contributed by atoms with E-state index < -0.39 is 0 Å². The molecule has 0 radical (unpaired) electrons. The van der Waals surface area contributed by atoms with E-state index in [2.05, 4.69) is 20.8 Å². The lowest BCUT2D eigenvalue weighted by atomic mass is 9.94. The molecule has 0 saturated carbocycles. The predicted molar refractivity (Wildman–Crippen MR) is 65.4 cm³/mol. The van der Waals surface area contributed by atoms with Gasteiger partial charge >= 0.3 is 0 Å². The van der Waals surface area contributed by atoms with Crippen molar-refractivity contribution in [1.82, 2.24) is 9.80 Å². The third kappa shape index (κ3) is 2.05. The van der Waals surface area contributed by atoms with Gasteiger partial charge in [-0.2, -0.15) is 0 Å². The first kappa shape index (κ1) is 12.4. The third-order valence-electron chi connectivity index (χ3n) is 4.01. The summed E-state index contributed by atoms with van der Waals surface area (Å²) in [5.74, 6) is 0.275. The highest BCUT2D eigenvalue weighted by Gasteiger charge is 2.45. The number of carbonyl (C=O) groups excluding carboxylic acids is 2. The van der Waals surface area contributed by atoms with Gasteiger partial charge in [0.1, 0.15) is 12.6 Å². The fourth-order valence-electron chi connectivity index (χ4n) is 3.06. The molecule has 2 aliphatic rings. The molecule has 96 valence electrons. The summed E-state index contributed by atoms with van der Waals surface area (Å²) >= 11 is 0. The number of hydrogen-bond donors (Lipinski definition) is 0. The standard InChI is InChI=1S/C13H22N2O2/c1-4-7-13(2,3)15-9-11(16)14-8-5-6-10(14)12(15)17/h10H,4-9H2,1-3H3. The number of fused-ring (bicyclic) bond motifs is 1. The largest absolute Gasteiger partial charge is 0.329 e. The van der Waals surface area contributed by atoms with Crippen LogP contribution in [-0.4, -0.2) is 46.3 Å². The molecular formula is C13H22N2O2. The van der Waals surface area contributed by atoms with Gasteiger partial charge in [0.05, 0.1) is 0 Å². The second kappa shape index (κ2) is 4.31. The Balaban J connectivity index is 2.19. The number of amides is 2. The van der Waals surface area contributed by atoms with E-state index in [0.29, 0.717) is 0 Å². The van der Waals surface area contributed by atoms with Crippen LogP contribution < -0.4 is 0 Å². The van der Waals surface area contributed by atoms with Gasteiger partial charge in [0.2, 0.25) is 11.8 Å². The molecule has 0 bridgehead atoms. The topological polar surface area (TPSA) is 40.6 Å². The summed E-state index contributed by atoms with van der Waals surface area (Å²) in [4.78, 5) is 28.0. The average Bonchev–Trinajstić information content (AvgIpc) is 2.72. The molecule has 2 aliphatic heterocycles. The van der Waals surface area contributed by atoms with Crippen LogP contribution in [0.1, 0.15) is 46.5 Å². The molecule has 0 aromatic heterocycles. The Hall–Kier alpha value is -1.06. The van der Waals surface area contributed by atoms with E-state index in [0.717, 1.165) is 32.2 Å². The quantitative estimate of drug-likeness (QED) is 0.745. The molecule has 2 heterocycles. The van der Waals surface area contributed by atoms with Gasteiger partial charge in [-0.1, -0.05) is 13.3 Å². The van der Waals surface area contributed by atoms with Crippen molar-refractivity contribution >= 4 is 11.8 Å². The second-order valence-corrected chi connectivity index (χ2v) is 5.73. The van der Waals surface area contributed by atoms with Gasteiger partial charge in [-0.05, 0) is 33.1 Å². The molecule has 2 rings (SSSR count). The van der Waals surface area contributed by atoms with Gasteiger partial charge < -0.3 is 9.80 Å². The van der Waals surface area contributed by atoms with Crippen LogP contribution in [0.4, 0.5) is 0 Å². The molecule has 0 aromatic carbocycles. The lowest BCUT2D eigenvalue weighted by molar-refractivity contribution is -0.159. The van der Waals surface area contributed by atoms with Crippen LogP contribution in [0.2, 0.25) is 0 Å². The summed E-state index contributed by atoms with van der Waals surface area (Å²) < 4.78 is 0. The molecule has 4 heteroatoms. The Morgan fingerprint density at radius 2 is 2.06 bits per heavy atom. The Morgan fingerprint density at radius 3 is 2.71 bits per heavy atom. The monoisotopic (exact) mass is 238 g/mol. The van der Waals surface area contributed by atoms with Gasteiger partial charge in [-0.25, -0.2) is 0 Å². The van der Waals surface area contributed by atoms with Crippen molar-refractivity contribution in [2.24, 2.45) is 0 Å². The van der Waals surface area contributed by atoms with E-state index in [1.807, 2.05) is 0 Å². The van der Waals surface area contributed by atoms with Crippen molar-refractivity contribution in [3.05, 3.63) is 0 Å². The van der Waals surface area contributed by atoms with Crippen molar-refractivity contribution in [1.29, 1.82) is 0 Å². The van der Waals surface area contributed by atoms with Gasteiger partial charge in [0.25, 0.3) is 0 Å². The Morgan fingerprint density at radius 1 is 1.35 bits per heavy atom. The average molecular weight is 238 g/mol. The van der Waals surface area contributed by atoms with Gasteiger partial charge in [0.15, 0.2) is 0 Å². The molecule has 1 atom stereocenters. The maximum absolute atomic E-state index is 12.4. The summed E-state index contributed by atoms with van der Waals surface area (Å²) in [5.41, 5.74) is -0.198. The highest BCUT2D eigenvalue weighted by molar-refractivity contribution is 5.95. The first-order valence-corrected chi connectivity index (χ1v) is 6.58. The van der Waals surface area contributed by atoms with Crippen LogP contribution in [0, 0.1) is 0 Å². The molecule has 17 heavy (non-hydrogen) atoms. The molecular weight excluding hydrogens is 216 g/mol. The minimum Gasteiger partial charge on any atom is -0.329 e.